The van der Waals surface area contributed by atoms with E-state index in [0.717, 1.165) is 29.4 Å². The molecule has 2 rings (SSSR count). The van der Waals surface area contributed by atoms with E-state index in [4.69, 9.17) is 0 Å². The molecule has 0 saturated carbocycles. The van der Waals surface area contributed by atoms with E-state index in [9.17, 15) is 0 Å². The lowest BCUT2D eigenvalue weighted by molar-refractivity contribution is 0.723. The van der Waals surface area contributed by atoms with Gasteiger partial charge in [0.25, 0.3) is 0 Å². The Labute approximate surface area is 137 Å². The molecule has 0 bridgehead atoms. The predicted octanol–water partition coefficient (Wildman–Crippen LogP) is 3.39. The van der Waals surface area contributed by atoms with E-state index in [2.05, 4.69) is 26.2 Å². The number of aliphatic imine (C=N–C) groups is 2. The molecule has 120 valence electrons. The minimum absolute atomic E-state index is 0.731. The number of hydrogen-bond acceptors (Lipinski definition) is 4. The van der Waals surface area contributed by atoms with Crippen molar-refractivity contribution in [1.29, 1.82) is 0 Å². The van der Waals surface area contributed by atoms with Crippen LogP contribution in [0.3, 0.4) is 0 Å². The van der Waals surface area contributed by atoms with Gasteiger partial charge in [0.2, 0.25) is 0 Å². The van der Waals surface area contributed by atoms with Gasteiger partial charge >= 0.3 is 0 Å². The molecule has 1 aliphatic rings. The summed E-state index contributed by atoms with van der Waals surface area (Å²) in [5.41, 5.74) is 10.1. The number of hydrazine groups is 1. The SMILES string of the molecule is C/C=C\N=C(Nc1ccccc1)C(C)=N/C=C(\C)C1=CNNC1. The molecule has 1 aliphatic heterocycles. The van der Waals surface area contributed by atoms with E-state index in [1.807, 2.05) is 69.6 Å². The molecular weight excluding hydrogens is 286 g/mol. The second-order valence-corrected chi connectivity index (χ2v) is 5.15. The number of allylic oxidation sites excluding steroid dienone is 1. The van der Waals surface area contributed by atoms with Crippen LogP contribution in [0.2, 0.25) is 0 Å². The van der Waals surface area contributed by atoms with Crippen molar-refractivity contribution in [3.05, 3.63) is 66.2 Å². The molecule has 23 heavy (non-hydrogen) atoms. The van der Waals surface area contributed by atoms with E-state index in [-0.39, 0.29) is 0 Å². The van der Waals surface area contributed by atoms with Crippen molar-refractivity contribution in [1.82, 2.24) is 10.9 Å². The van der Waals surface area contributed by atoms with Gasteiger partial charge in [-0.15, -0.1) is 0 Å². The number of hydrogen-bond donors (Lipinski definition) is 3. The van der Waals surface area contributed by atoms with Crippen LogP contribution in [0, 0.1) is 0 Å². The molecule has 0 unspecified atom stereocenters. The molecule has 5 heteroatoms. The van der Waals surface area contributed by atoms with Crippen LogP contribution >= 0.6 is 0 Å². The summed E-state index contributed by atoms with van der Waals surface area (Å²) in [5.74, 6) is 0.731. The van der Waals surface area contributed by atoms with Crippen LogP contribution in [0.5, 0.6) is 0 Å². The van der Waals surface area contributed by atoms with Crippen molar-refractivity contribution >= 4 is 17.2 Å². The number of nitrogens with one attached hydrogen (secondary N) is 3. The summed E-state index contributed by atoms with van der Waals surface area (Å²) >= 11 is 0. The number of rotatable bonds is 5. The molecular formula is C18H23N5. The number of benzene rings is 1. The van der Waals surface area contributed by atoms with Gasteiger partial charge < -0.3 is 10.7 Å². The van der Waals surface area contributed by atoms with E-state index in [1.165, 1.54) is 5.57 Å². The Morgan fingerprint density at radius 3 is 2.61 bits per heavy atom. The Hall–Kier alpha value is -2.66. The van der Waals surface area contributed by atoms with Crippen molar-refractivity contribution in [3.8, 4) is 0 Å². The van der Waals surface area contributed by atoms with Gasteiger partial charge in [-0.1, -0.05) is 24.3 Å². The van der Waals surface area contributed by atoms with Crippen molar-refractivity contribution in [2.75, 3.05) is 11.9 Å². The first kappa shape index (κ1) is 16.7. The minimum atomic E-state index is 0.731. The smallest absolute Gasteiger partial charge is 0.151 e. The summed E-state index contributed by atoms with van der Waals surface area (Å²) in [7, 11) is 0. The van der Waals surface area contributed by atoms with Gasteiger partial charge in [-0.25, -0.2) is 10.4 Å². The van der Waals surface area contributed by atoms with Crippen molar-refractivity contribution in [2.45, 2.75) is 20.8 Å². The molecule has 1 aromatic rings. The van der Waals surface area contributed by atoms with Crippen LogP contribution in [0.15, 0.2) is 76.1 Å². The van der Waals surface area contributed by atoms with Gasteiger partial charge in [-0.3, -0.25) is 4.99 Å². The molecule has 0 atom stereocenters. The van der Waals surface area contributed by atoms with Gasteiger partial charge in [0, 0.05) is 30.8 Å². The zero-order valence-corrected chi connectivity index (χ0v) is 13.8. The molecule has 1 heterocycles. The maximum absolute atomic E-state index is 4.55. The van der Waals surface area contributed by atoms with Gasteiger partial charge in [0.1, 0.15) is 0 Å². The topological polar surface area (TPSA) is 60.8 Å². The molecule has 0 aromatic heterocycles. The third-order valence-corrected chi connectivity index (χ3v) is 3.32. The Bertz CT molecular complexity index is 666. The zero-order chi connectivity index (χ0) is 16.5. The van der Waals surface area contributed by atoms with E-state index in [0.29, 0.717) is 0 Å². The van der Waals surface area contributed by atoms with E-state index >= 15 is 0 Å². The normalized spacial score (nSPS) is 16.5. The number of para-hydroxylation sites is 1. The maximum atomic E-state index is 4.55. The first-order valence-corrected chi connectivity index (χ1v) is 7.61. The summed E-state index contributed by atoms with van der Waals surface area (Å²) < 4.78 is 0. The second kappa shape index (κ2) is 8.70. The Morgan fingerprint density at radius 1 is 1.17 bits per heavy atom. The number of amidine groups is 1. The maximum Gasteiger partial charge on any atom is 0.151 e. The Morgan fingerprint density at radius 2 is 1.96 bits per heavy atom. The van der Waals surface area contributed by atoms with Gasteiger partial charge in [0.05, 0.1) is 5.71 Å². The van der Waals surface area contributed by atoms with Crippen molar-refractivity contribution in [3.63, 3.8) is 0 Å². The fraction of sp³-hybridized carbons (Fsp3) is 0.222. The third-order valence-electron chi connectivity index (χ3n) is 3.32. The first-order chi connectivity index (χ1) is 11.2. The number of anilines is 1. The van der Waals surface area contributed by atoms with Crippen LogP contribution < -0.4 is 16.2 Å². The summed E-state index contributed by atoms with van der Waals surface area (Å²) in [4.78, 5) is 8.99. The average Bonchev–Trinajstić information content (AvgIpc) is 3.11. The van der Waals surface area contributed by atoms with Gasteiger partial charge in [-0.05, 0) is 44.1 Å². The monoisotopic (exact) mass is 309 g/mol. The molecule has 0 saturated heterocycles. The van der Waals surface area contributed by atoms with Crippen LogP contribution in [0.4, 0.5) is 5.69 Å². The third kappa shape index (κ3) is 5.23. The highest BCUT2D eigenvalue weighted by Crippen LogP contribution is 2.10. The first-order valence-electron chi connectivity index (χ1n) is 7.61. The summed E-state index contributed by atoms with van der Waals surface area (Å²) in [5, 5.41) is 3.31. The lowest BCUT2D eigenvalue weighted by Gasteiger charge is -2.08. The molecule has 0 radical (unpaired) electrons. The summed E-state index contributed by atoms with van der Waals surface area (Å²) in [6.45, 7) is 6.73. The Kier molecular flexibility index (Phi) is 6.32. The van der Waals surface area contributed by atoms with Crippen LogP contribution in [-0.4, -0.2) is 18.1 Å². The fourth-order valence-corrected chi connectivity index (χ4v) is 1.95. The van der Waals surface area contributed by atoms with Gasteiger partial charge in [-0.2, -0.15) is 0 Å². The van der Waals surface area contributed by atoms with Crippen LogP contribution in [0.1, 0.15) is 20.8 Å². The minimum Gasteiger partial charge on any atom is -0.339 e. The molecule has 1 aromatic carbocycles. The average molecular weight is 309 g/mol. The highest BCUT2D eigenvalue weighted by Gasteiger charge is 2.06. The van der Waals surface area contributed by atoms with Crippen molar-refractivity contribution in [2.24, 2.45) is 9.98 Å². The van der Waals surface area contributed by atoms with E-state index < -0.39 is 0 Å². The lowest BCUT2D eigenvalue weighted by atomic mass is 10.1. The molecule has 3 N–H and O–H groups in total. The second-order valence-electron chi connectivity index (χ2n) is 5.15. The predicted molar refractivity (Wildman–Crippen MR) is 98.4 cm³/mol. The molecule has 0 spiro atoms. The summed E-state index contributed by atoms with van der Waals surface area (Å²) in [6.07, 6.45) is 7.47. The quantitative estimate of drug-likeness (QED) is 0.577. The van der Waals surface area contributed by atoms with Crippen LogP contribution in [0.25, 0.3) is 0 Å². The largest absolute Gasteiger partial charge is 0.339 e. The molecule has 5 nitrogen and oxygen atoms in total. The summed E-state index contributed by atoms with van der Waals surface area (Å²) in [6, 6.07) is 9.95. The number of nitrogens with zero attached hydrogens (tertiary/aromatic N) is 2. The van der Waals surface area contributed by atoms with Crippen molar-refractivity contribution < 1.29 is 0 Å². The van der Waals surface area contributed by atoms with Gasteiger partial charge in [0.15, 0.2) is 5.84 Å². The molecule has 0 fully saturated rings. The standard InChI is InChI=1S/C18H23N5/c1-4-10-19-18(23-17-8-6-5-7-9-17)15(3)20-11-14(2)16-12-21-22-13-16/h4-12,21-22H,13H2,1-3H3,(H,19,23)/b10-4-,14-11+,20-15?. The Balaban J connectivity index is 2.17. The fourth-order valence-electron chi connectivity index (χ4n) is 1.95. The van der Waals surface area contributed by atoms with Crippen LogP contribution in [-0.2, 0) is 0 Å². The zero-order valence-electron chi connectivity index (χ0n) is 13.8. The lowest BCUT2D eigenvalue weighted by Crippen LogP contribution is -2.20. The molecule has 0 aliphatic carbocycles. The molecule has 0 amide bonds. The highest BCUT2D eigenvalue weighted by molar-refractivity contribution is 6.45. The van der Waals surface area contributed by atoms with E-state index in [1.54, 1.807) is 6.20 Å². The highest BCUT2D eigenvalue weighted by atomic mass is 15.4.